The molecule has 5 heteroatoms. The number of nitrogens with zero attached hydrogens (tertiary/aromatic N) is 3. The van der Waals surface area contributed by atoms with Crippen LogP contribution in [0, 0.1) is 0 Å². The average molecular weight is 329 g/mol. The second-order valence-electron chi connectivity index (χ2n) is 6.62. The van der Waals surface area contributed by atoms with Crippen LogP contribution in [-0.4, -0.2) is 41.8 Å². The number of aromatic nitrogens is 2. The topological polar surface area (TPSA) is 51.4 Å². The van der Waals surface area contributed by atoms with Crippen LogP contribution in [0.15, 0.2) is 34.7 Å². The Balaban J connectivity index is 1.67. The molecule has 5 nitrogen and oxygen atoms in total. The molecule has 2 aromatic rings. The average Bonchev–Trinajstić information content (AvgIpc) is 2.95. The van der Waals surface area contributed by atoms with Crippen molar-refractivity contribution in [2.24, 2.45) is 0 Å². The minimum atomic E-state index is -0.308. The van der Waals surface area contributed by atoms with E-state index in [1.807, 2.05) is 30.3 Å². The van der Waals surface area contributed by atoms with Gasteiger partial charge in [-0.3, -0.25) is 0 Å². The van der Waals surface area contributed by atoms with Crippen LogP contribution >= 0.6 is 0 Å². The van der Waals surface area contributed by atoms with Crippen LogP contribution in [0.2, 0.25) is 0 Å². The van der Waals surface area contributed by atoms with Gasteiger partial charge < -0.3 is 14.1 Å². The molecule has 0 amide bonds. The first-order chi connectivity index (χ1) is 11.8. The zero-order valence-electron chi connectivity index (χ0n) is 14.6. The van der Waals surface area contributed by atoms with E-state index in [1.165, 1.54) is 38.8 Å². The minimum Gasteiger partial charge on any atom is -0.422 e. The van der Waals surface area contributed by atoms with Gasteiger partial charge in [0.15, 0.2) is 6.10 Å². The van der Waals surface area contributed by atoms with Crippen molar-refractivity contribution < 1.29 is 9.15 Å². The summed E-state index contributed by atoms with van der Waals surface area (Å²) in [7, 11) is 1.67. The first-order valence-corrected chi connectivity index (χ1v) is 8.91. The summed E-state index contributed by atoms with van der Waals surface area (Å²) in [5.74, 6) is 1.46. The molecule has 1 aliphatic rings. The highest BCUT2D eigenvalue weighted by Gasteiger charge is 2.23. The number of likely N-dealkylation sites (tertiary alicyclic amines) is 1. The zero-order valence-corrected chi connectivity index (χ0v) is 14.6. The normalized spacial score (nSPS) is 18.9. The summed E-state index contributed by atoms with van der Waals surface area (Å²) in [5.41, 5.74) is 1.02. The summed E-state index contributed by atoms with van der Waals surface area (Å²) >= 11 is 0. The van der Waals surface area contributed by atoms with Crippen LogP contribution in [0.5, 0.6) is 0 Å². The van der Waals surface area contributed by atoms with Gasteiger partial charge in [-0.2, -0.15) is 0 Å². The van der Waals surface area contributed by atoms with Crippen molar-refractivity contribution in [1.82, 2.24) is 15.1 Å². The van der Waals surface area contributed by atoms with Gasteiger partial charge in [-0.15, -0.1) is 10.2 Å². The van der Waals surface area contributed by atoms with E-state index in [0.717, 1.165) is 12.1 Å². The molecule has 0 saturated carbocycles. The predicted octanol–water partition coefficient (Wildman–Crippen LogP) is 3.78. The van der Waals surface area contributed by atoms with Crippen molar-refractivity contribution >= 4 is 0 Å². The molecular weight excluding hydrogens is 302 g/mol. The van der Waals surface area contributed by atoms with Gasteiger partial charge in [-0.05, 0) is 31.5 Å². The van der Waals surface area contributed by atoms with Crippen molar-refractivity contribution in [1.29, 1.82) is 0 Å². The molecular formula is C19H27N3O2. The fourth-order valence-electron chi connectivity index (χ4n) is 3.34. The largest absolute Gasteiger partial charge is 0.422 e. The van der Waals surface area contributed by atoms with E-state index in [-0.39, 0.29) is 12.0 Å². The Morgan fingerprint density at radius 2 is 1.71 bits per heavy atom. The maximum absolute atomic E-state index is 5.95. The lowest BCUT2D eigenvalue weighted by molar-refractivity contribution is 0.109. The third-order valence-electron chi connectivity index (χ3n) is 4.67. The zero-order chi connectivity index (χ0) is 16.8. The first-order valence-electron chi connectivity index (χ1n) is 8.91. The van der Waals surface area contributed by atoms with Crippen molar-refractivity contribution in [2.45, 2.75) is 44.6 Å². The molecule has 1 aliphatic heterocycles. The second kappa shape index (κ2) is 8.40. The van der Waals surface area contributed by atoms with Crippen LogP contribution in [0.25, 0.3) is 0 Å². The van der Waals surface area contributed by atoms with Crippen LogP contribution in [0.4, 0.5) is 0 Å². The Bertz CT molecular complexity index is 606. The molecule has 24 heavy (non-hydrogen) atoms. The molecule has 1 saturated heterocycles. The van der Waals surface area contributed by atoms with Gasteiger partial charge >= 0.3 is 0 Å². The van der Waals surface area contributed by atoms with E-state index in [4.69, 9.17) is 9.15 Å². The monoisotopic (exact) mass is 329 g/mol. The fourth-order valence-corrected chi connectivity index (χ4v) is 3.34. The van der Waals surface area contributed by atoms with Gasteiger partial charge in [0.2, 0.25) is 11.8 Å². The Kier molecular flexibility index (Phi) is 5.99. The lowest BCUT2D eigenvalue weighted by atomic mass is 10.1. The maximum Gasteiger partial charge on any atom is 0.249 e. The lowest BCUT2D eigenvalue weighted by Crippen LogP contribution is -2.28. The van der Waals surface area contributed by atoms with Gasteiger partial charge in [-0.25, -0.2) is 0 Å². The molecule has 2 atom stereocenters. The highest BCUT2D eigenvalue weighted by atomic mass is 16.5. The molecule has 0 N–H and O–H groups in total. The number of rotatable bonds is 6. The van der Waals surface area contributed by atoms with E-state index in [2.05, 4.69) is 22.0 Å². The number of hydrogen-bond donors (Lipinski definition) is 0. The van der Waals surface area contributed by atoms with E-state index < -0.39 is 0 Å². The van der Waals surface area contributed by atoms with Gasteiger partial charge in [-0.1, -0.05) is 50.1 Å². The molecule has 1 fully saturated rings. The van der Waals surface area contributed by atoms with Crippen molar-refractivity contribution in [3.8, 4) is 0 Å². The van der Waals surface area contributed by atoms with Crippen LogP contribution in [0.1, 0.15) is 62.0 Å². The van der Waals surface area contributed by atoms with E-state index in [9.17, 15) is 0 Å². The molecule has 0 aliphatic carbocycles. The molecule has 130 valence electrons. The molecule has 1 aromatic heterocycles. The van der Waals surface area contributed by atoms with Crippen LogP contribution < -0.4 is 0 Å². The molecule has 3 rings (SSSR count). The second-order valence-corrected chi connectivity index (χ2v) is 6.62. The van der Waals surface area contributed by atoms with Crippen molar-refractivity contribution in [2.75, 3.05) is 26.7 Å². The van der Waals surface area contributed by atoms with Gasteiger partial charge in [0.25, 0.3) is 0 Å². The van der Waals surface area contributed by atoms with E-state index >= 15 is 0 Å². The number of ether oxygens (including phenoxy) is 1. The Hall–Kier alpha value is -1.72. The van der Waals surface area contributed by atoms with Crippen molar-refractivity contribution in [3.63, 3.8) is 0 Å². The summed E-state index contributed by atoms with van der Waals surface area (Å²) < 4.78 is 11.5. The Morgan fingerprint density at radius 3 is 2.38 bits per heavy atom. The Morgan fingerprint density at radius 1 is 1.04 bits per heavy atom. The summed E-state index contributed by atoms with van der Waals surface area (Å²) in [4.78, 5) is 2.52. The van der Waals surface area contributed by atoms with Crippen LogP contribution in [-0.2, 0) is 4.74 Å². The molecule has 1 aromatic carbocycles. The summed E-state index contributed by atoms with van der Waals surface area (Å²) in [5, 5.41) is 8.51. The van der Waals surface area contributed by atoms with Gasteiger partial charge in [0, 0.05) is 19.6 Å². The summed E-state index contributed by atoms with van der Waals surface area (Å²) in [6, 6.07) is 9.98. The highest BCUT2D eigenvalue weighted by Crippen LogP contribution is 2.26. The predicted molar refractivity (Wildman–Crippen MR) is 92.9 cm³/mol. The summed E-state index contributed by atoms with van der Waals surface area (Å²) in [6.07, 6.45) is 4.98. The number of methoxy groups -OCH3 is 1. The number of hydrogen-bond acceptors (Lipinski definition) is 5. The first kappa shape index (κ1) is 17.1. The SMILES string of the molecule is CO[C@H](c1ccccc1)c1nnc([C@H](C)CN2CCCCCC2)o1. The maximum atomic E-state index is 5.95. The summed E-state index contributed by atoms with van der Waals surface area (Å²) in [6.45, 7) is 5.49. The minimum absolute atomic E-state index is 0.234. The standard InChI is InChI=1S/C19H27N3O2/c1-15(14-22-12-8-3-4-9-13-22)18-20-21-19(24-18)17(23-2)16-10-6-5-7-11-16/h5-7,10-11,15,17H,3-4,8-9,12-14H2,1-2H3/t15-,17-/m1/s1. The lowest BCUT2D eigenvalue weighted by Gasteiger charge is -2.22. The highest BCUT2D eigenvalue weighted by molar-refractivity contribution is 5.21. The quantitative estimate of drug-likeness (QED) is 0.807. The molecule has 0 unspecified atom stereocenters. The third kappa shape index (κ3) is 4.22. The Labute approximate surface area is 144 Å². The fraction of sp³-hybridized carbons (Fsp3) is 0.579. The van der Waals surface area contributed by atoms with Crippen LogP contribution in [0.3, 0.4) is 0 Å². The smallest absolute Gasteiger partial charge is 0.249 e. The van der Waals surface area contributed by atoms with E-state index in [1.54, 1.807) is 7.11 Å². The third-order valence-corrected chi connectivity index (χ3v) is 4.67. The molecule has 0 radical (unpaired) electrons. The van der Waals surface area contributed by atoms with Gasteiger partial charge in [0.05, 0.1) is 0 Å². The van der Waals surface area contributed by atoms with E-state index in [0.29, 0.717) is 11.8 Å². The van der Waals surface area contributed by atoms with Crippen molar-refractivity contribution in [3.05, 3.63) is 47.7 Å². The van der Waals surface area contributed by atoms with Gasteiger partial charge in [0.1, 0.15) is 0 Å². The molecule has 0 bridgehead atoms. The molecule has 2 heterocycles. The molecule has 0 spiro atoms. The number of benzene rings is 1.